The maximum Gasteiger partial charge on any atom is 0.331 e. The molecule has 1 N–H and O–H groups in total. The van der Waals surface area contributed by atoms with E-state index in [4.69, 9.17) is 18.9 Å². The molecule has 0 atom stereocenters. The number of hydrogen-bond acceptors (Lipinski definition) is 8. The summed E-state index contributed by atoms with van der Waals surface area (Å²) in [6.45, 7) is 1.67. The van der Waals surface area contributed by atoms with Crippen molar-refractivity contribution in [1.29, 1.82) is 0 Å². The highest BCUT2D eigenvalue weighted by Crippen LogP contribution is 2.38. The van der Waals surface area contributed by atoms with Gasteiger partial charge in [-0.1, -0.05) is 12.1 Å². The summed E-state index contributed by atoms with van der Waals surface area (Å²) < 4.78 is 20.6. The van der Waals surface area contributed by atoms with E-state index in [1.807, 2.05) is 6.92 Å². The third-order valence-corrected chi connectivity index (χ3v) is 3.92. The zero-order valence-electron chi connectivity index (χ0n) is 16.0. The van der Waals surface area contributed by atoms with Crippen molar-refractivity contribution < 1.29 is 33.5 Å². The lowest BCUT2D eigenvalue weighted by atomic mass is 10.1. The number of ether oxygens (including phenoxy) is 4. The van der Waals surface area contributed by atoms with Crippen LogP contribution in [0.4, 0.5) is 11.4 Å². The molecule has 2 aromatic rings. The molecule has 1 aliphatic rings. The number of carbonyl (C=O) groups is 2. The second-order valence-electron chi connectivity index (χ2n) is 5.94. The van der Waals surface area contributed by atoms with E-state index in [2.05, 4.69) is 5.32 Å². The Morgan fingerprint density at radius 1 is 1.23 bits per heavy atom. The number of nitro groups is 1. The van der Waals surface area contributed by atoms with Crippen LogP contribution in [0.1, 0.15) is 12.5 Å². The van der Waals surface area contributed by atoms with Crippen molar-refractivity contribution in [3.63, 3.8) is 0 Å². The van der Waals surface area contributed by atoms with Gasteiger partial charge < -0.3 is 24.3 Å². The van der Waals surface area contributed by atoms with E-state index in [0.29, 0.717) is 23.8 Å². The summed E-state index contributed by atoms with van der Waals surface area (Å²) >= 11 is 0. The number of para-hydroxylation sites is 2. The Bertz CT molecular complexity index is 1000. The van der Waals surface area contributed by atoms with Crippen LogP contribution >= 0.6 is 0 Å². The number of rotatable bonds is 8. The van der Waals surface area contributed by atoms with Gasteiger partial charge in [-0.25, -0.2) is 4.79 Å². The Morgan fingerprint density at radius 2 is 1.97 bits per heavy atom. The molecule has 10 nitrogen and oxygen atoms in total. The fraction of sp³-hybridized carbons (Fsp3) is 0.200. The van der Waals surface area contributed by atoms with Crippen molar-refractivity contribution in [2.45, 2.75) is 6.92 Å². The summed E-state index contributed by atoms with van der Waals surface area (Å²) in [5.41, 5.74) is 0.330. The number of esters is 1. The molecule has 0 unspecified atom stereocenters. The van der Waals surface area contributed by atoms with Crippen molar-refractivity contribution in [3.8, 4) is 17.2 Å². The van der Waals surface area contributed by atoms with Gasteiger partial charge in [-0.2, -0.15) is 0 Å². The number of hydrogen-bond donors (Lipinski definition) is 1. The summed E-state index contributed by atoms with van der Waals surface area (Å²) in [5, 5.41) is 13.8. The summed E-state index contributed by atoms with van der Waals surface area (Å²) in [6, 6.07) is 9.46. The monoisotopic (exact) mass is 414 g/mol. The van der Waals surface area contributed by atoms with Crippen LogP contribution in [0.3, 0.4) is 0 Å². The lowest BCUT2D eigenvalue weighted by Gasteiger charge is -2.11. The lowest BCUT2D eigenvalue weighted by molar-refractivity contribution is -0.385. The molecule has 0 aromatic heterocycles. The van der Waals surface area contributed by atoms with E-state index < -0.39 is 23.4 Å². The van der Waals surface area contributed by atoms with Crippen LogP contribution in [0.2, 0.25) is 0 Å². The standard InChI is InChI=1S/C20H18N2O8/c1-2-27-16-6-4-3-5-14(16)21-19(23)11-28-20(24)8-7-13-9-17-18(30-12-29-17)10-15(13)22(25)26/h3-10H,2,11-12H2,1H3,(H,21,23)/b8-7+. The van der Waals surface area contributed by atoms with Gasteiger partial charge in [0, 0.05) is 6.08 Å². The van der Waals surface area contributed by atoms with Gasteiger partial charge in [-0.3, -0.25) is 14.9 Å². The first-order valence-electron chi connectivity index (χ1n) is 8.92. The average Bonchev–Trinajstić information content (AvgIpc) is 3.19. The van der Waals surface area contributed by atoms with Crippen LogP contribution < -0.4 is 19.5 Å². The van der Waals surface area contributed by atoms with Crippen molar-refractivity contribution in [2.75, 3.05) is 25.3 Å². The van der Waals surface area contributed by atoms with Crippen molar-refractivity contribution in [3.05, 3.63) is 58.2 Å². The van der Waals surface area contributed by atoms with Crippen LogP contribution in [0, 0.1) is 10.1 Å². The molecule has 10 heteroatoms. The summed E-state index contributed by atoms with van der Waals surface area (Å²) in [4.78, 5) is 34.6. The zero-order valence-corrected chi connectivity index (χ0v) is 16.0. The molecule has 0 spiro atoms. The van der Waals surface area contributed by atoms with Gasteiger partial charge in [0.2, 0.25) is 6.79 Å². The van der Waals surface area contributed by atoms with Crippen molar-refractivity contribution in [2.24, 2.45) is 0 Å². The molecule has 1 amide bonds. The number of benzene rings is 2. The van der Waals surface area contributed by atoms with Crippen molar-refractivity contribution >= 4 is 29.3 Å². The largest absolute Gasteiger partial charge is 0.492 e. The molecule has 3 rings (SSSR count). The molecule has 1 heterocycles. The Kier molecular flexibility index (Phi) is 6.48. The molecule has 0 aliphatic carbocycles. The van der Waals surface area contributed by atoms with E-state index in [-0.39, 0.29) is 23.8 Å². The zero-order chi connectivity index (χ0) is 21.5. The van der Waals surface area contributed by atoms with Gasteiger partial charge in [0.25, 0.3) is 11.6 Å². The van der Waals surface area contributed by atoms with E-state index in [0.717, 1.165) is 6.08 Å². The molecule has 0 saturated heterocycles. The summed E-state index contributed by atoms with van der Waals surface area (Å²) in [5.74, 6) is -0.311. The number of fused-ring (bicyclic) bond motifs is 1. The fourth-order valence-corrected chi connectivity index (χ4v) is 2.62. The predicted molar refractivity (Wildman–Crippen MR) is 105 cm³/mol. The number of nitro benzene ring substituents is 1. The Hall–Kier alpha value is -4.08. The van der Waals surface area contributed by atoms with Crippen LogP contribution in [-0.4, -0.2) is 36.8 Å². The Balaban J connectivity index is 1.59. The number of nitrogens with one attached hydrogen (secondary N) is 1. The van der Waals surface area contributed by atoms with Gasteiger partial charge in [-0.05, 0) is 31.2 Å². The Morgan fingerprint density at radius 3 is 2.70 bits per heavy atom. The highest BCUT2D eigenvalue weighted by Gasteiger charge is 2.22. The van der Waals surface area contributed by atoms with Gasteiger partial charge in [0.05, 0.1) is 28.8 Å². The molecular formula is C20H18N2O8. The third kappa shape index (κ3) is 5.04. The molecule has 30 heavy (non-hydrogen) atoms. The molecule has 156 valence electrons. The molecule has 0 bridgehead atoms. The summed E-state index contributed by atoms with van der Waals surface area (Å²) in [6.07, 6.45) is 2.21. The topological polar surface area (TPSA) is 126 Å². The normalized spacial score (nSPS) is 11.9. The van der Waals surface area contributed by atoms with Crippen LogP contribution in [0.5, 0.6) is 17.2 Å². The highest BCUT2D eigenvalue weighted by molar-refractivity contribution is 5.95. The minimum absolute atomic E-state index is 0.0385. The van der Waals surface area contributed by atoms with Crippen LogP contribution in [-0.2, 0) is 14.3 Å². The first kappa shape index (κ1) is 20.6. The molecule has 1 aliphatic heterocycles. The van der Waals surface area contributed by atoms with Crippen molar-refractivity contribution in [1.82, 2.24) is 0 Å². The van der Waals surface area contributed by atoms with E-state index in [9.17, 15) is 19.7 Å². The van der Waals surface area contributed by atoms with E-state index in [1.165, 1.54) is 18.2 Å². The molecule has 0 radical (unpaired) electrons. The molecule has 0 fully saturated rings. The highest BCUT2D eigenvalue weighted by atomic mass is 16.7. The number of anilines is 1. The van der Waals surface area contributed by atoms with Crippen LogP contribution in [0.25, 0.3) is 6.08 Å². The second kappa shape index (κ2) is 9.41. The van der Waals surface area contributed by atoms with E-state index >= 15 is 0 Å². The van der Waals surface area contributed by atoms with Gasteiger partial charge >= 0.3 is 5.97 Å². The minimum atomic E-state index is -0.838. The van der Waals surface area contributed by atoms with E-state index in [1.54, 1.807) is 24.3 Å². The maximum atomic E-state index is 12.0. The van der Waals surface area contributed by atoms with Gasteiger partial charge in [0.1, 0.15) is 5.75 Å². The number of nitrogens with zero attached hydrogens (tertiary/aromatic N) is 1. The number of carbonyl (C=O) groups excluding carboxylic acids is 2. The molecular weight excluding hydrogens is 396 g/mol. The van der Waals surface area contributed by atoms with Crippen LogP contribution in [0.15, 0.2) is 42.5 Å². The third-order valence-electron chi connectivity index (χ3n) is 3.92. The lowest BCUT2D eigenvalue weighted by Crippen LogP contribution is -2.20. The first-order valence-corrected chi connectivity index (χ1v) is 8.92. The van der Waals surface area contributed by atoms with Gasteiger partial charge in [-0.15, -0.1) is 0 Å². The molecule has 2 aromatic carbocycles. The summed E-state index contributed by atoms with van der Waals surface area (Å²) in [7, 11) is 0. The average molecular weight is 414 g/mol. The quantitative estimate of drug-likeness (QED) is 0.302. The number of amides is 1. The SMILES string of the molecule is CCOc1ccccc1NC(=O)COC(=O)/C=C/c1cc2c(cc1[N+](=O)[O-])OCO2. The molecule has 0 saturated carbocycles. The van der Waals surface area contributed by atoms with Gasteiger partial charge in [0.15, 0.2) is 18.1 Å². The predicted octanol–water partition coefficient (Wildman–Crippen LogP) is 2.92. The smallest absolute Gasteiger partial charge is 0.331 e. The minimum Gasteiger partial charge on any atom is -0.492 e. The first-order chi connectivity index (χ1) is 14.5. The Labute approximate surface area is 171 Å². The second-order valence-corrected chi connectivity index (χ2v) is 5.94. The fourth-order valence-electron chi connectivity index (χ4n) is 2.62. The maximum absolute atomic E-state index is 12.0.